The highest BCUT2D eigenvalue weighted by atomic mass is 16.6. The van der Waals surface area contributed by atoms with Gasteiger partial charge in [0, 0.05) is 11.6 Å². The minimum Gasteiger partial charge on any atom is -0.496 e. The number of benzene rings is 3. The summed E-state index contributed by atoms with van der Waals surface area (Å²) >= 11 is 0. The van der Waals surface area contributed by atoms with E-state index in [0.29, 0.717) is 18.1 Å². The zero-order chi connectivity index (χ0) is 23.7. The molecule has 1 aromatic heterocycles. The molecule has 9 heteroatoms. The fourth-order valence-corrected chi connectivity index (χ4v) is 4.53. The number of anilines is 1. The minimum absolute atomic E-state index is 0.00118. The molecule has 1 aliphatic rings. The number of nitro groups is 1. The van der Waals surface area contributed by atoms with Gasteiger partial charge in [0.2, 0.25) is 5.95 Å². The van der Waals surface area contributed by atoms with Gasteiger partial charge in [0.25, 0.3) is 11.6 Å². The highest BCUT2D eigenvalue weighted by molar-refractivity contribution is 6.08. The van der Waals surface area contributed by atoms with E-state index in [-0.39, 0.29) is 17.3 Å². The van der Waals surface area contributed by atoms with Gasteiger partial charge in [0.1, 0.15) is 17.6 Å². The number of ether oxygens (including phenoxy) is 1. The fourth-order valence-electron chi connectivity index (χ4n) is 4.53. The summed E-state index contributed by atoms with van der Waals surface area (Å²) < 4.78 is 7.28. The van der Waals surface area contributed by atoms with Crippen LogP contribution in [0.1, 0.15) is 40.0 Å². The number of methoxy groups -OCH3 is 1. The first-order valence-electron chi connectivity index (χ1n) is 10.7. The van der Waals surface area contributed by atoms with Gasteiger partial charge in [-0.05, 0) is 24.1 Å². The Labute approximate surface area is 195 Å². The predicted molar refractivity (Wildman–Crippen MR) is 125 cm³/mol. The van der Waals surface area contributed by atoms with E-state index in [4.69, 9.17) is 4.74 Å². The van der Waals surface area contributed by atoms with E-state index >= 15 is 0 Å². The lowest BCUT2D eigenvalue weighted by molar-refractivity contribution is -0.385. The first kappa shape index (κ1) is 21.3. The van der Waals surface area contributed by atoms with Crippen LogP contribution in [0.2, 0.25) is 0 Å². The van der Waals surface area contributed by atoms with Gasteiger partial charge in [0.05, 0.1) is 24.1 Å². The van der Waals surface area contributed by atoms with Crippen molar-refractivity contribution in [2.45, 2.75) is 18.5 Å². The molecule has 0 fully saturated rings. The number of amides is 1. The molecule has 0 spiro atoms. The average molecular weight is 455 g/mol. The number of aromatic nitrogens is 3. The molecule has 170 valence electrons. The first-order chi connectivity index (χ1) is 16.6. The lowest BCUT2D eigenvalue weighted by Crippen LogP contribution is -2.43. The van der Waals surface area contributed by atoms with Crippen molar-refractivity contribution in [3.05, 3.63) is 112 Å². The number of rotatable bonds is 5. The lowest BCUT2D eigenvalue weighted by Gasteiger charge is -2.39. The van der Waals surface area contributed by atoms with E-state index in [1.165, 1.54) is 23.4 Å². The Kier molecular flexibility index (Phi) is 5.51. The normalized spacial score (nSPS) is 17.1. The van der Waals surface area contributed by atoms with Crippen LogP contribution in [0.5, 0.6) is 5.75 Å². The van der Waals surface area contributed by atoms with Gasteiger partial charge in [-0.1, -0.05) is 60.7 Å². The van der Waals surface area contributed by atoms with Crippen LogP contribution in [-0.2, 0) is 0 Å². The van der Waals surface area contributed by atoms with Crippen molar-refractivity contribution >= 4 is 17.5 Å². The van der Waals surface area contributed by atoms with Crippen molar-refractivity contribution in [3.63, 3.8) is 0 Å². The Hall–Kier alpha value is -4.53. The van der Waals surface area contributed by atoms with Crippen LogP contribution in [0.3, 0.4) is 0 Å². The maximum absolute atomic E-state index is 13.9. The van der Waals surface area contributed by atoms with Crippen molar-refractivity contribution < 1.29 is 14.5 Å². The van der Waals surface area contributed by atoms with E-state index in [1.807, 2.05) is 54.6 Å². The zero-order valence-corrected chi connectivity index (χ0v) is 18.3. The van der Waals surface area contributed by atoms with Crippen molar-refractivity contribution in [2.24, 2.45) is 0 Å². The van der Waals surface area contributed by atoms with Crippen LogP contribution in [0, 0.1) is 10.1 Å². The van der Waals surface area contributed by atoms with Crippen LogP contribution < -0.4 is 9.64 Å². The Bertz CT molecular complexity index is 1350. The summed E-state index contributed by atoms with van der Waals surface area (Å²) in [5, 5.41) is 16.1. The maximum atomic E-state index is 13.9. The molecule has 0 unspecified atom stereocenters. The third kappa shape index (κ3) is 3.57. The van der Waals surface area contributed by atoms with Gasteiger partial charge in [-0.15, -0.1) is 0 Å². The van der Waals surface area contributed by atoms with E-state index in [2.05, 4.69) is 10.1 Å². The molecule has 2 heterocycles. The summed E-state index contributed by atoms with van der Waals surface area (Å²) in [5.74, 6) is 0.521. The molecule has 0 radical (unpaired) electrons. The molecule has 34 heavy (non-hydrogen) atoms. The van der Waals surface area contributed by atoms with Gasteiger partial charge in [-0.3, -0.25) is 19.8 Å². The molecule has 2 atom stereocenters. The number of para-hydroxylation sites is 2. The highest BCUT2D eigenvalue weighted by Gasteiger charge is 2.41. The van der Waals surface area contributed by atoms with Crippen molar-refractivity contribution in [1.29, 1.82) is 0 Å². The third-order valence-electron chi connectivity index (χ3n) is 6.06. The molecule has 0 aliphatic carbocycles. The summed E-state index contributed by atoms with van der Waals surface area (Å²) in [6.07, 6.45) is 1.87. The molecular formula is C25H21N5O4. The Morgan fingerprint density at radius 3 is 2.47 bits per heavy atom. The van der Waals surface area contributed by atoms with Crippen LogP contribution >= 0.6 is 0 Å². The van der Waals surface area contributed by atoms with E-state index in [9.17, 15) is 14.9 Å². The molecule has 0 saturated carbocycles. The number of fused-ring (bicyclic) bond motifs is 1. The number of hydrogen-bond acceptors (Lipinski definition) is 6. The molecule has 9 nitrogen and oxygen atoms in total. The molecule has 5 rings (SSSR count). The minimum atomic E-state index is -0.545. The van der Waals surface area contributed by atoms with Crippen LogP contribution in [0.15, 0.2) is 85.2 Å². The van der Waals surface area contributed by atoms with Gasteiger partial charge in [-0.25, -0.2) is 4.68 Å². The average Bonchev–Trinajstić information content (AvgIpc) is 3.37. The van der Waals surface area contributed by atoms with Crippen LogP contribution in [0.25, 0.3) is 0 Å². The summed E-state index contributed by atoms with van der Waals surface area (Å²) in [5.41, 5.74) is 1.55. The molecule has 0 bridgehead atoms. The van der Waals surface area contributed by atoms with Gasteiger partial charge in [0.15, 0.2) is 0 Å². The van der Waals surface area contributed by atoms with Crippen molar-refractivity contribution in [2.75, 3.05) is 12.0 Å². The second-order valence-electron chi connectivity index (χ2n) is 7.87. The Morgan fingerprint density at radius 1 is 1.00 bits per heavy atom. The SMILES string of the molecule is COc1ccccc1[C@H]1C[C@H](c2ccccc2)N(C(=O)c2ccccc2[N+](=O)[O-])c2ncnn21. The van der Waals surface area contributed by atoms with Gasteiger partial charge < -0.3 is 4.74 Å². The number of carbonyl (C=O) groups is 1. The standard InChI is InChI=1S/C25H21N5O4/c1-34-23-14-8-6-11-18(23)22-15-21(17-9-3-2-4-10-17)28(25-26-16-27-29(22)25)24(31)19-12-5-7-13-20(19)30(32)33/h2-14,16,21-22H,15H2,1H3/t21-,22-/m1/s1. The first-order valence-corrected chi connectivity index (χ1v) is 10.7. The molecule has 4 aromatic rings. The Balaban J connectivity index is 1.69. The van der Waals surface area contributed by atoms with E-state index < -0.39 is 16.9 Å². The third-order valence-corrected chi connectivity index (χ3v) is 6.06. The molecule has 1 aliphatic heterocycles. The second-order valence-corrected chi connectivity index (χ2v) is 7.87. The van der Waals surface area contributed by atoms with Gasteiger partial charge >= 0.3 is 0 Å². The fraction of sp³-hybridized carbons (Fsp3) is 0.160. The quantitative estimate of drug-likeness (QED) is 0.322. The lowest BCUT2D eigenvalue weighted by atomic mass is 9.91. The number of carbonyl (C=O) groups excluding carboxylic acids is 1. The summed E-state index contributed by atoms with van der Waals surface area (Å²) in [4.78, 5) is 30.9. The number of nitrogens with zero attached hydrogens (tertiary/aromatic N) is 5. The topological polar surface area (TPSA) is 103 Å². The Morgan fingerprint density at radius 2 is 1.71 bits per heavy atom. The van der Waals surface area contributed by atoms with Gasteiger partial charge in [-0.2, -0.15) is 10.1 Å². The second kappa shape index (κ2) is 8.78. The van der Waals surface area contributed by atoms with E-state index in [0.717, 1.165) is 11.1 Å². The predicted octanol–water partition coefficient (Wildman–Crippen LogP) is 4.58. The monoisotopic (exact) mass is 455 g/mol. The molecular weight excluding hydrogens is 434 g/mol. The van der Waals surface area contributed by atoms with Crippen molar-refractivity contribution in [1.82, 2.24) is 14.8 Å². The zero-order valence-electron chi connectivity index (χ0n) is 18.3. The summed E-state index contributed by atoms with van der Waals surface area (Å²) in [6.45, 7) is 0. The van der Waals surface area contributed by atoms with E-state index in [1.54, 1.807) is 23.9 Å². The molecule has 0 N–H and O–H groups in total. The number of hydrogen-bond donors (Lipinski definition) is 0. The smallest absolute Gasteiger partial charge is 0.282 e. The number of nitro benzene ring substituents is 1. The molecule has 1 amide bonds. The highest BCUT2D eigenvalue weighted by Crippen LogP contribution is 2.44. The maximum Gasteiger partial charge on any atom is 0.282 e. The molecule has 0 saturated heterocycles. The summed E-state index contributed by atoms with van der Waals surface area (Å²) in [7, 11) is 1.61. The summed E-state index contributed by atoms with van der Waals surface area (Å²) in [6, 6.07) is 22.5. The largest absolute Gasteiger partial charge is 0.496 e. The van der Waals surface area contributed by atoms with Crippen LogP contribution in [-0.4, -0.2) is 32.7 Å². The van der Waals surface area contributed by atoms with Crippen molar-refractivity contribution in [3.8, 4) is 5.75 Å². The van der Waals surface area contributed by atoms with Crippen LogP contribution in [0.4, 0.5) is 11.6 Å². The molecule has 3 aromatic carbocycles.